The molecule has 0 aliphatic carbocycles. The van der Waals surface area contributed by atoms with Gasteiger partial charge in [-0.15, -0.1) is 13.2 Å². The molecule has 0 saturated carbocycles. The van der Waals surface area contributed by atoms with E-state index in [1.165, 1.54) is 0 Å². The second-order valence-corrected chi connectivity index (χ2v) is 3.46. The van der Waals surface area contributed by atoms with Crippen molar-refractivity contribution in [1.82, 2.24) is 4.98 Å². The van der Waals surface area contributed by atoms with Gasteiger partial charge in [0.1, 0.15) is 5.56 Å². The lowest BCUT2D eigenvalue weighted by molar-refractivity contribution is -0.389. The van der Waals surface area contributed by atoms with Crippen molar-refractivity contribution in [2.24, 2.45) is 0 Å². The third kappa shape index (κ3) is 3.73. The van der Waals surface area contributed by atoms with Crippen molar-refractivity contribution in [3.8, 4) is 5.75 Å². The van der Waals surface area contributed by atoms with Crippen LogP contribution in [0, 0.1) is 10.1 Å². The van der Waals surface area contributed by atoms with Crippen LogP contribution in [0.4, 0.5) is 27.8 Å². The standard InChI is InChI=1S/C8H2ClF5N2O4/c9-6(17)5-4(7(10)11)2(20-8(12,13)14)1-3(15-5)16(18)19/h1,7H. The van der Waals surface area contributed by atoms with E-state index < -0.39 is 45.8 Å². The number of ether oxygens (including phenoxy) is 1. The molecule has 1 heterocycles. The maximum absolute atomic E-state index is 12.7. The van der Waals surface area contributed by atoms with Gasteiger partial charge in [0.05, 0.1) is 6.07 Å². The number of carbonyl (C=O) groups excluding carboxylic acids is 1. The maximum Gasteiger partial charge on any atom is 0.573 e. The molecule has 0 unspecified atom stereocenters. The van der Waals surface area contributed by atoms with E-state index >= 15 is 0 Å². The van der Waals surface area contributed by atoms with Gasteiger partial charge in [-0.25, -0.2) is 8.78 Å². The Morgan fingerprint density at radius 2 is 2.00 bits per heavy atom. The molecule has 0 bridgehead atoms. The van der Waals surface area contributed by atoms with Gasteiger partial charge in [-0.3, -0.25) is 4.79 Å². The van der Waals surface area contributed by atoms with Crippen LogP contribution in [0.3, 0.4) is 0 Å². The zero-order valence-corrected chi connectivity index (χ0v) is 9.71. The minimum atomic E-state index is -5.40. The molecule has 0 aromatic carbocycles. The van der Waals surface area contributed by atoms with Crippen LogP contribution in [0.5, 0.6) is 5.75 Å². The predicted octanol–water partition coefficient (Wildman–Crippen LogP) is 3.21. The van der Waals surface area contributed by atoms with Crippen molar-refractivity contribution in [3.05, 3.63) is 27.4 Å². The van der Waals surface area contributed by atoms with Gasteiger partial charge in [0.25, 0.3) is 11.7 Å². The molecule has 0 atom stereocenters. The van der Waals surface area contributed by atoms with Crippen molar-refractivity contribution in [3.63, 3.8) is 0 Å². The van der Waals surface area contributed by atoms with E-state index in [2.05, 4.69) is 9.72 Å². The molecule has 0 amide bonds. The number of hydrogen-bond donors (Lipinski definition) is 0. The van der Waals surface area contributed by atoms with Crippen molar-refractivity contribution < 1.29 is 36.4 Å². The molecular formula is C8H2ClF5N2O4. The van der Waals surface area contributed by atoms with E-state index in [0.717, 1.165) is 0 Å². The highest BCUT2D eigenvalue weighted by molar-refractivity contribution is 6.67. The highest BCUT2D eigenvalue weighted by Gasteiger charge is 2.38. The van der Waals surface area contributed by atoms with Crippen LogP contribution in [-0.2, 0) is 0 Å². The van der Waals surface area contributed by atoms with Gasteiger partial charge in [0.2, 0.25) is 5.69 Å². The number of nitrogens with zero attached hydrogens (tertiary/aromatic N) is 2. The molecule has 0 N–H and O–H groups in total. The first-order chi connectivity index (χ1) is 9.03. The van der Waals surface area contributed by atoms with Crippen LogP contribution >= 0.6 is 11.6 Å². The highest BCUT2D eigenvalue weighted by Crippen LogP contribution is 2.37. The molecular weight excluding hydrogens is 319 g/mol. The first kappa shape index (κ1) is 16.0. The van der Waals surface area contributed by atoms with Crippen molar-refractivity contribution >= 4 is 22.7 Å². The summed E-state index contributed by atoms with van der Waals surface area (Å²) < 4.78 is 64.8. The molecule has 1 rings (SSSR count). The molecule has 12 heteroatoms. The lowest BCUT2D eigenvalue weighted by atomic mass is 10.2. The Morgan fingerprint density at radius 1 is 1.45 bits per heavy atom. The molecule has 0 radical (unpaired) electrons. The van der Waals surface area contributed by atoms with Crippen molar-refractivity contribution in [1.29, 1.82) is 0 Å². The summed E-state index contributed by atoms with van der Waals surface area (Å²) in [4.78, 5) is 22.9. The van der Waals surface area contributed by atoms with E-state index in [1.807, 2.05) is 0 Å². The highest BCUT2D eigenvalue weighted by atomic mass is 35.5. The third-order valence-electron chi connectivity index (χ3n) is 1.82. The molecule has 0 fully saturated rings. The minimum absolute atomic E-state index is 0.0261. The number of aromatic nitrogens is 1. The zero-order chi connectivity index (χ0) is 15.7. The number of pyridine rings is 1. The van der Waals surface area contributed by atoms with E-state index in [0.29, 0.717) is 0 Å². The SMILES string of the molecule is O=C(Cl)c1nc([N+](=O)[O-])cc(OC(F)(F)F)c1C(F)F. The zero-order valence-electron chi connectivity index (χ0n) is 8.95. The van der Waals surface area contributed by atoms with Gasteiger partial charge in [0.15, 0.2) is 5.75 Å². The summed E-state index contributed by atoms with van der Waals surface area (Å²) >= 11 is 4.88. The lowest BCUT2D eigenvalue weighted by Gasteiger charge is -2.12. The summed E-state index contributed by atoms with van der Waals surface area (Å²) in [5, 5.41) is 8.75. The van der Waals surface area contributed by atoms with Gasteiger partial charge >= 0.3 is 12.2 Å². The molecule has 20 heavy (non-hydrogen) atoms. The number of nitro groups is 1. The molecule has 6 nitrogen and oxygen atoms in total. The normalized spacial score (nSPS) is 11.6. The first-order valence-electron chi connectivity index (χ1n) is 4.46. The van der Waals surface area contributed by atoms with Gasteiger partial charge in [-0.1, -0.05) is 0 Å². The fourth-order valence-electron chi connectivity index (χ4n) is 1.18. The Hall–Kier alpha value is -2.04. The van der Waals surface area contributed by atoms with E-state index in [1.54, 1.807) is 0 Å². The fraction of sp³-hybridized carbons (Fsp3) is 0.250. The Labute approximate surface area is 111 Å². The topological polar surface area (TPSA) is 82.3 Å². The first-order valence-corrected chi connectivity index (χ1v) is 4.83. The summed E-state index contributed by atoms with van der Waals surface area (Å²) in [5.74, 6) is -2.91. The Bertz CT molecular complexity index is 563. The summed E-state index contributed by atoms with van der Waals surface area (Å²) in [6.45, 7) is 0. The molecule has 1 aromatic heterocycles. The van der Waals surface area contributed by atoms with Crippen LogP contribution in [0.15, 0.2) is 6.07 Å². The average Bonchev–Trinajstić information content (AvgIpc) is 2.24. The van der Waals surface area contributed by atoms with Crippen molar-refractivity contribution in [2.45, 2.75) is 12.8 Å². The quantitative estimate of drug-likeness (QED) is 0.368. The van der Waals surface area contributed by atoms with E-state index in [9.17, 15) is 36.9 Å². The Balaban J connectivity index is 3.59. The number of alkyl halides is 5. The molecule has 1 aromatic rings. The average molecular weight is 321 g/mol. The van der Waals surface area contributed by atoms with Crippen molar-refractivity contribution in [2.75, 3.05) is 0 Å². The van der Waals surface area contributed by atoms with Gasteiger partial charge in [0, 0.05) is 0 Å². The van der Waals surface area contributed by atoms with Crippen LogP contribution in [0.25, 0.3) is 0 Å². The second-order valence-electron chi connectivity index (χ2n) is 3.12. The monoisotopic (exact) mass is 320 g/mol. The predicted molar refractivity (Wildman–Crippen MR) is 52.7 cm³/mol. The minimum Gasteiger partial charge on any atom is -0.405 e. The fourth-order valence-corrected chi connectivity index (χ4v) is 1.33. The van der Waals surface area contributed by atoms with Gasteiger partial charge < -0.3 is 14.9 Å². The molecule has 0 saturated heterocycles. The smallest absolute Gasteiger partial charge is 0.405 e. The summed E-state index contributed by atoms with van der Waals surface area (Å²) in [6, 6.07) is 0.0261. The Kier molecular flexibility index (Phi) is 4.43. The van der Waals surface area contributed by atoms with E-state index in [-0.39, 0.29) is 6.07 Å². The third-order valence-corrected chi connectivity index (χ3v) is 2.00. The lowest BCUT2D eigenvalue weighted by Crippen LogP contribution is -2.20. The number of hydrogen-bond acceptors (Lipinski definition) is 5. The number of halogens is 6. The maximum atomic E-state index is 12.7. The number of carbonyl (C=O) groups is 1. The summed E-state index contributed by atoms with van der Waals surface area (Å²) in [5.41, 5.74) is -2.96. The van der Waals surface area contributed by atoms with Crippen LogP contribution in [0.1, 0.15) is 22.5 Å². The second kappa shape index (κ2) is 5.53. The molecule has 110 valence electrons. The van der Waals surface area contributed by atoms with Gasteiger partial charge in [-0.05, 0) is 21.5 Å². The van der Waals surface area contributed by atoms with Gasteiger partial charge in [-0.2, -0.15) is 0 Å². The van der Waals surface area contributed by atoms with Crippen LogP contribution in [-0.4, -0.2) is 21.5 Å². The van der Waals surface area contributed by atoms with Crippen LogP contribution < -0.4 is 4.74 Å². The molecule has 0 aliphatic rings. The van der Waals surface area contributed by atoms with Crippen LogP contribution in [0.2, 0.25) is 0 Å². The number of rotatable bonds is 4. The largest absolute Gasteiger partial charge is 0.573 e. The summed E-state index contributed by atoms with van der Waals surface area (Å²) in [6.07, 6.45) is -9.01. The Morgan fingerprint density at radius 3 is 2.35 bits per heavy atom. The molecule has 0 spiro atoms. The summed E-state index contributed by atoms with van der Waals surface area (Å²) in [7, 11) is 0. The molecule has 0 aliphatic heterocycles. The van der Waals surface area contributed by atoms with E-state index in [4.69, 9.17) is 11.6 Å².